The van der Waals surface area contributed by atoms with E-state index in [0.717, 1.165) is 5.02 Å². The molecule has 1 aliphatic heterocycles. The van der Waals surface area contributed by atoms with Crippen LogP contribution in [0.4, 0.5) is 0 Å². The quantitative estimate of drug-likeness (QED) is 0.538. The lowest BCUT2D eigenvalue weighted by molar-refractivity contribution is 0.257. The van der Waals surface area contributed by atoms with Crippen LogP contribution < -0.4 is 0 Å². The number of rotatable bonds is 4. The Morgan fingerprint density at radius 2 is 1.38 bits per heavy atom. The Balaban J connectivity index is 1.72. The maximum atomic E-state index is 6.06. The van der Waals surface area contributed by atoms with Crippen LogP contribution in [0.15, 0.2) is 89.9 Å². The Morgan fingerprint density at radius 1 is 0.808 bits per heavy atom. The molecular formula is C23H21ClN2. The number of halogens is 1. The molecule has 0 N–H and O–H groups in total. The number of benzene rings is 3. The highest BCUT2D eigenvalue weighted by molar-refractivity contribution is 6.30. The summed E-state index contributed by atoms with van der Waals surface area (Å²) in [4.78, 5) is 7.24. The van der Waals surface area contributed by atoms with Gasteiger partial charge in [0.05, 0.1) is 18.4 Å². The van der Waals surface area contributed by atoms with Crippen LogP contribution in [0.25, 0.3) is 0 Å². The van der Waals surface area contributed by atoms with Crippen LogP contribution in [0.5, 0.6) is 0 Å². The summed E-state index contributed by atoms with van der Waals surface area (Å²) in [5.74, 6) is 0. The van der Waals surface area contributed by atoms with Gasteiger partial charge < -0.3 is 4.90 Å². The monoisotopic (exact) mass is 360 g/mol. The van der Waals surface area contributed by atoms with E-state index in [0.29, 0.717) is 0 Å². The van der Waals surface area contributed by atoms with Gasteiger partial charge in [-0.3, -0.25) is 4.99 Å². The molecule has 0 aromatic heterocycles. The van der Waals surface area contributed by atoms with Crippen molar-refractivity contribution < 1.29 is 0 Å². The maximum absolute atomic E-state index is 6.06. The Kier molecular flexibility index (Phi) is 4.77. The van der Waals surface area contributed by atoms with Crippen molar-refractivity contribution in [2.75, 3.05) is 0 Å². The molecule has 3 heteroatoms. The fraction of sp³-hybridized carbons (Fsp3) is 0.174. The summed E-state index contributed by atoms with van der Waals surface area (Å²) in [6.45, 7) is 2.22. The van der Waals surface area contributed by atoms with E-state index in [1.54, 1.807) is 0 Å². The van der Waals surface area contributed by atoms with Crippen molar-refractivity contribution in [1.82, 2.24) is 4.90 Å². The molecule has 26 heavy (non-hydrogen) atoms. The van der Waals surface area contributed by atoms with Crippen LogP contribution in [0.1, 0.15) is 41.7 Å². The molecule has 0 aliphatic carbocycles. The van der Waals surface area contributed by atoms with Crippen molar-refractivity contribution in [1.29, 1.82) is 0 Å². The van der Waals surface area contributed by atoms with E-state index in [1.807, 2.05) is 24.5 Å². The van der Waals surface area contributed by atoms with Gasteiger partial charge in [0.25, 0.3) is 0 Å². The second-order valence-corrected chi connectivity index (χ2v) is 7.09. The predicted octanol–water partition coefficient (Wildman–Crippen LogP) is 6.23. The first-order valence-electron chi connectivity index (χ1n) is 8.90. The fourth-order valence-electron chi connectivity index (χ4n) is 3.64. The molecule has 0 radical (unpaired) electrons. The summed E-state index contributed by atoms with van der Waals surface area (Å²) in [6.07, 6.45) is 2.01. The van der Waals surface area contributed by atoms with E-state index in [2.05, 4.69) is 78.6 Å². The summed E-state index contributed by atoms with van der Waals surface area (Å²) >= 11 is 6.06. The third kappa shape index (κ3) is 3.25. The first-order chi connectivity index (χ1) is 12.7. The van der Waals surface area contributed by atoms with Crippen molar-refractivity contribution in [2.24, 2.45) is 4.99 Å². The number of nitrogens with zero attached hydrogens (tertiary/aromatic N) is 2. The second-order valence-electron chi connectivity index (χ2n) is 6.65. The van der Waals surface area contributed by atoms with Gasteiger partial charge in [0.1, 0.15) is 6.04 Å². The number of hydrogen-bond acceptors (Lipinski definition) is 2. The molecule has 3 unspecified atom stereocenters. The molecule has 1 aliphatic rings. The molecule has 0 bridgehead atoms. The summed E-state index contributed by atoms with van der Waals surface area (Å²) in [5, 5.41) is 0.762. The molecule has 3 aromatic carbocycles. The van der Waals surface area contributed by atoms with Gasteiger partial charge in [-0.25, -0.2) is 0 Å². The Labute approximate surface area is 159 Å². The van der Waals surface area contributed by atoms with Gasteiger partial charge in [0.15, 0.2) is 0 Å². The molecule has 0 saturated carbocycles. The molecule has 2 nitrogen and oxygen atoms in total. The molecular weight excluding hydrogens is 340 g/mol. The van der Waals surface area contributed by atoms with Gasteiger partial charge in [-0.05, 0) is 35.7 Å². The molecule has 3 atom stereocenters. The SMILES string of the molecule is CC(c1ccc(Cl)cc1)N1C=NC(c2ccccc2)C1c1ccccc1. The highest BCUT2D eigenvalue weighted by atomic mass is 35.5. The zero-order valence-electron chi connectivity index (χ0n) is 14.7. The van der Waals surface area contributed by atoms with E-state index in [4.69, 9.17) is 16.6 Å². The number of hydrogen-bond donors (Lipinski definition) is 0. The lowest BCUT2D eigenvalue weighted by atomic mass is 9.92. The topological polar surface area (TPSA) is 15.6 Å². The van der Waals surface area contributed by atoms with Crippen molar-refractivity contribution in [3.8, 4) is 0 Å². The molecule has 0 amide bonds. The lowest BCUT2D eigenvalue weighted by Gasteiger charge is -2.34. The molecule has 130 valence electrons. The van der Waals surface area contributed by atoms with E-state index in [1.165, 1.54) is 16.7 Å². The van der Waals surface area contributed by atoms with Gasteiger partial charge in [-0.1, -0.05) is 84.4 Å². The van der Waals surface area contributed by atoms with Gasteiger partial charge in [0.2, 0.25) is 0 Å². The van der Waals surface area contributed by atoms with E-state index < -0.39 is 0 Å². The first-order valence-corrected chi connectivity index (χ1v) is 9.28. The van der Waals surface area contributed by atoms with Crippen LogP contribution in [0.3, 0.4) is 0 Å². The van der Waals surface area contributed by atoms with Crippen molar-refractivity contribution in [2.45, 2.75) is 25.0 Å². The molecule has 0 fully saturated rings. The maximum Gasteiger partial charge on any atom is 0.101 e. The third-order valence-electron chi connectivity index (χ3n) is 5.06. The summed E-state index contributed by atoms with van der Waals surface area (Å²) in [6, 6.07) is 29.7. The van der Waals surface area contributed by atoms with E-state index in [9.17, 15) is 0 Å². The smallest absolute Gasteiger partial charge is 0.101 e. The van der Waals surface area contributed by atoms with Gasteiger partial charge >= 0.3 is 0 Å². The van der Waals surface area contributed by atoms with Crippen LogP contribution in [0.2, 0.25) is 5.02 Å². The minimum absolute atomic E-state index is 0.0911. The van der Waals surface area contributed by atoms with Crippen molar-refractivity contribution in [3.05, 3.63) is 107 Å². The van der Waals surface area contributed by atoms with Crippen LogP contribution in [0, 0.1) is 0 Å². The minimum atomic E-state index is 0.0911. The Hall–Kier alpha value is -2.58. The number of aliphatic imine (C=N–C) groups is 1. The largest absolute Gasteiger partial charge is 0.347 e. The normalized spacial score (nSPS) is 20.3. The van der Waals surface area contributed by atoms with Crippen molar-refractivity contribution in [3.63, 3.8) is 0 Å². The minimum Gasteiger partial charge on any atom is -0.347 e. The lowest BCUT2D eigenvalue weighted by Crippen LogP contribution is -2.28. The molecule has 0 saturated heterocycles. The van der Waals surface area contributed by atoms with Gasteiger partial charge in [-0.15, -0.1) is 0 Å². The second kappa shape index (κ2) is 7.35. The van der Waals surface area contributed by atoms with Crippen LogP contribution in [-0.4, -0.2) is 11.2 Å². The standard InChI is InChI=1S/C23H21ClN2/c1-17(18-12-14-21(24)15-13-18)26-16-25-22(19-8-4-2-5-9-19)23(26)20-10-6-3-7-11-20/h2-17,22-23H,1H3. The van der Waals surface area contributed by atoms with Gasteiger partial charge in [0, 0.05) is 5.02 Å². The molecule has 3 aromatic rings. The summed E-state index contributed by atoms with van der Waals surface area (Å²) < 4.78 is 0. The summed E-state index contributed by atoms with van der Waals surface area (Å²) in [7, 11) is 0. The highest BCUT2D eigenvalue weighted by Gasteiger charge is 2.35. The average molecular weight is 361 g/mol. The third-order valence-corrected chi connectivity index (χ3v) is 5.31. The zero-order chi connectivity index (χ0) is 17.9. The Bertz CT molecular complexity index is 875. The average Bonchev–Trinajstić information content (AvgIpc) is 3.14. The predicted molar refractivity (Wildman–Crippen MR) is 109 cm³/mol. The molecule has 1 heterocycles. The van der Waals surface area contributed by atoms with Crippen molar-refractivity contribution >= 4 is 17.9 Å². The van der Waals surface area contributed by atoms with Crippen LogP contribution >= 0.6 is 11.6 Å². The molecule has 0 spiro atoms. The summed E-state index contributed by atoms with van der Waals surface area (Å²) in [5.41, 5.74) is 3.75. The highest BCUT2D eigenvalue weighted by Crippen LogP contribution is 2.43. The van der Waals surface area contributed by atoms with E-state index >= 15 is 0 Å². The van der Waals surface area contributed by atoms with Crippen LogP contribution in [-0.2, 0) is 0 Å². The Morgan fingerprint density at radius 3 is 2.00 bits per heavy atom. The first kappa shape index (κ1) is 16.9. The van der Waals surface area contributed by atoms with E-state index in [-0.39, 0.29) is 18.1 Å². The zero-order valence-corrected chi connectivity index (χ0v) is 15.4. The molecule has 4 rings (SSSR count). The fourth-order valence-corrected chi connectivity index (χ4v) is 3.77. The van der Waals surface area contributed by atoms with Gasteiger partial charge in [-0.2, -0.15) is 0 Å².